The van der Waals surface area contributed by atoms with Gasteiger partial charge in [-0.1, -0.05) is 24.3 Å². The molecule has 0 saturated carbocycles. The second kappa shape index (κ2) is 17.0. The van der Waals surface area contributed by atoms with Gasteiger partial charge in [-0.3, -0.25) is 14.4 Å². The zero-order chi connectivity index (χ0) is 35.6. The number of nitrogens with one attached hydrogen (secondary N) is 2. The average molecular weight is 682 g/mol. The Balaban J connectivity index is 1.31. The van der Waals surface area contributed by atoms with E-state index in [4.69, 9.17) is 9.47 Å². The molecule has 1 atom stereocenters. The monoisotopic (exact) mass is 681 g/mol. The van der Waals surface area contributed by atoms with E-state index in [0.717, 1.165) is 36.2 Å². The van der Waals surface area contributed by atoms with E-state index in [2.05, 4.69) is 15.5 Å². The molecule has 4 rings (SSSR count). The maximum atomic E-state index is 13.3. The van der Waals surface area contributed by atoms with Crippen molar-refractivity contribution in [1.29, 1.82) is 0 Å². The number of halogens is 3. The summed E-state index contributed by atoms with van der Waals surface area (Å²) in [5.74, 6) is -1.54. The number of rotatable bonds is 13. The van der Waals surface area contributed by atoms with Gasteiger partial charge in [0.2, 0.25) is 5.91 Å². The van der Waals surface area contributed by atoms with Crippen molar-refractivity contribution in [3.63, 3.8) is 0 Å². The molecule has 49 heavy (non-hydrogen) atoms. The Hall–Kier alpha value is -4.87. The zero-order valence-electron chi connectivity index (χ0n) is 27.9. The summed E-state index contributed by atoms with van der Waals surface area (Å²) in [6, 6.07) is 16.5. The highest BCUT2D eigenvalue weighted by atomic mass is 19.4. The fourth-order valence-corrected chi connectivity index (χ4v) is 5.92. The Bertz CT molecular complexity index is 1600. The quantitative estimate of drug-likeness (QED) is 0.188. The first-order valence-corrected chi connectivity index (χ1v) is 16.4. The maximum Gasteiger partial charge on any atom is 0.416 e. The molecule has 0 aliphatic carbocycles. The Kier molecular flexibility index (Phi) is 12.8. The van der Waals surface area contributed by atoms with Crippen LogP contribution in [0.3, 0.4) is 0 Å². The molecule has 262 valence electrons. The number of esters is 2. The van der Waals surface area contributed by atoms with Gasteiger partial charge < -0.3 is 25.0 Å². The summed E-state index contributed by atoms with van der Waals surface area (Å²) >= 11 is 0. The number of aryl methyl sites for hydroxylation is 1. The van der Waals surface area contributed by atoms with Crippen LogP contribution >= 0.6 is 0 Å². The Labute approximate surface area is 284 Å². The molecule has 1 unspecified atom stereocenters. The molecule has 0 aromatic heterocycles. The van der Waals surface area contributed by atoms with Crippen LogP contribution in [0.4, 0.5) is 24.5 Å². The molecule has 1 aliphatic rings. The van der Waals surface area contributed by atoms with E-state index in [1.54, 1.807) is 38.1 Å². The van der Waals surface area contributed by atoms with E-state index in [1.807, 2.05) is 25.1 Å². The molecule has 12 heteroatoms. The van der Waals surface area contributed by atoms with Crippen molar-refractivity contribution in [3.05, 3.63) is 83.4 Å². The number of hydrogen-bond donors (Lipinski definition) is 2. The molecule has 1 aliphatic heterocycles. The van der Waals surface area contributed by atoms with E-state index in [9.17, 15) is 32.3 Å². The minimum Gasteiger partial charge on any atom is -0.466 e. The van der Waals surface area contributed by atoms with Crippen LogP contribution in [0.1, 0.15) is 67.4 Å². The van der Waals surface area contributed by atoms with E-state index in [0.29, 0.717) is 35.5 Å². The number of anilines is 2. The van der Waals surface area contributed by atoms with Crippen LogP contribution in [0, 0.1) is 12.8 Å². The number of carbonyl (C=O) groups excluding carboxylic acids is 4. The van der Waals surface area contributed by atoms with Gasteiger partial charge in [0.25, 0.3) is 5.91 Å². The Morgan fingerprint density at radius 2 is 1.55 bits per heavy atom. The Morgan fingerprint density at radius 3 is 2.16 bits per heavy atom. The topological polar surface area (TPSA) is 114 Å². The molecule has 1 saturated heterocycles. The van der Waals surface area contributed by atoms with Gasteiger partial charge in [0.15, 0.2) is 0 Å². The Morgan fingerprint density at radius 1 is 0.898 bits per heavy atom. The predicted octanol–water partition coefficient (Wildman–Crippen LogP) is 6.93. The number of piperidine rings is 1. The van der Waals surface area contributed by atoms with Gasteiger partial charge in [0.1, 0.15) is 6.04 Å². The molecule has 3 aromatic carbocycles. The summed E-state index contributed by atoms with van der Waals surface area (Å²) in [4.78, 5) is 52.5. The van der Waals surface area contributed by atoms with E-state index in [-0.39, 0.29) is 50.2 Å². The average Bonchev–Trinajstić information content (AvgIpc) is 3.07. The van der Waals surface area contributed by atoms with Crippen molar-refractivity contribution in [2.24, 2.45) is 5.92 Å². The van der Waals surface area contributed by atoms with Crippen LogP contribution in [-0.4, -0.2) is 56.1 Å². The third-order valence-electron chi connectivity index (χ3n) is 8.45. The molecule has 1 fully saturated rings. The lowest BCUT2D eigenvalue weighted by Crippen LogP contribution is -2.43. The SMILES string of the molecule is CCOC(=O)CCC(NC(=O)CC1CCN(c2ccc(NC(=O)c3cccc(C)c3-c3ccc(C(F)(F)F)cc3)cc2)CC1)C(=O)OCC. The smallest absolute Gasteiger partial charge is 0.416 e. The molecule has 0 bridgehead atoms. The first-order chi connectivity index (χ1) is 23.4. The molecular weight excluding hydrogens is 639 g/mol. The number of nitrogens with zero attached hydrogens (tertiary/aromatic N) is 1. The number of alkyl halides is 3. The lowest BCUT2D eigenvalue weighted by Gasteiger charge is -2.33. The first kappa shape index (κ1) is 37.0. The fourth-order valence-electron chi connectivity index (χ4n) is 5.92. The van der Waals surface area contributed by atoms with Crippen molar-refractivity contribution >= 4 is 35.1 Å². The van der Waals surface area contributed by atoms with Gasteiger partial charge in [-0.25, -0.2) is 4.79 Å². The maximum absolute atomic E-state index is 13.3. The van der Waals surface area contributed by atoms with Crippen molar-refractivity contribution in [1.82, 2.24) is 5.32 Å². The highest BCUT2D eigenvalue weighted by Crippen LogP contribution is 2.34. The highest BCUT2D eigenvalue weighted by Gasteiger charge is 2.30. The summed E-state index contributed by atoms with van der Waals surface area (Å²) in [7, 11) is 0. The summed E-state index contributed by atoms with van der Waals surface area (Å²) in [6.45, 7) is 7.01. The molecule has 2 N–H and O–H groups in total. The minimum absolute atomic E-state index is 0.00580. The third-order valence-corrected chi connectivity index (χ3v) is 8.45. The molecule has 2 amide bonds. The van der Waals surface area contributed by atoms with Crippen molar-refractivity contribution < 1.29 is 41.8 Å². The van der Waals surface area contributed by atoms with Crippen LogP contribution in [0.2, 0.25) is 0 Å². The van der Waals surface area contributed by atoms with Crippen LogP contribution < -0.4 is 15.5 Å². The summed E-state index contributed by atoms with van der Waals surface area (Å²) in [5.41, 5.74) is 2.96. The first-order valence-electron chi connectivity index (χ1n) is 16.4. The number of carbonyl (C=O) groups is 4. The van der Waals surface area contributed by atoms with Crippen molar-refractivity contribution in [2.45, 2.75) is 65.1 Å². The van der Waals surface area contributed by atoms with Crippen molar-refractivity contribution in [3.8, 4) is 11.1 Å². The van der Waals surface area contributed by atoms with Gasteiger partial charge in [-0.15, -0.1) is 0 Å². The van der Waals surface area contributed by atoms with Crippen molar-refractivity contribution in [2.75, 3.05) is 36.5 Å². The molecular formula is C37H42F3N3O6. The molecule has 0 radical (unpaired) electrons. The summed E-state index contributed by atoms with van der Waals surface area (Å²) < 4.78 is 49.3. The molecule has 1 heterocycles. The normalized spacial score (nSPS) is 14.1. The number of amides is 2. The number of benzene rings is 3. The standard InChI is InChI=1S/C37H42F3N3O6/c1-4-48-33(45)18-17-31(36(47)49-5-2)42-32(44)23-25-19-21-43(22-20-25)29-15-13-28(14-16-29)41-35(46)30-8-6-7-24(3)34(30)26-9-11-27(12-10-26)37(38,39)40/h6-16,25,31H,4-5,17-23H2,1-3H3,(H,41,46)(H,42,44). The lowest BCUT2D eigenvalue weighted by molar-refractivity contribution is -0.149. The molecule has 0 spiro atoms. The van der Waals surface area contributed by atoms with Gasteiger partial charge >= 0.3 is 18.1 Å². The van der Waals surface area contributed by atoms with E-state index >= 15 is 0 Å². The summed E-state index contributed by atoms with van der Waals surface area (Å²) in [6.07, 6.45) is -2.58. The van der Waals surface area contributed by atoms with Crippen LogP contribution in [0.25, 0.3) is 11.1 Å². The fraction of sp³-hybridized carbons (Fsp3) is 0.405. The number of ether oxygens (including phenoxy) is 2. The van der Waals surface area contributed by atoms with Gasteiger partial charge in [-0.05, 0) is 105 Å². The second-order valence-corrected chi connectivity index (χ2v) is 11.9. The highest BCUT2D eigenvalue weighted by molar-refractivity contribution is 6.09. The number of hydrogen-bond acceptors (Lipinski definition) is 7. The van der Waals surface area contributed by atoms with Crippen LogP contribution in [-0.2, 0) is 30.0 Å². The van der Waals surface area contributed by atoms with Crippen LogP contribution in [0.15, 0.2) is 66.7 Å². The zero-order valence-corrected chi connectivity index (χ0v) is 27.9. The predicted molar refractivity (Wildman–Crippen MR) is 180 cm³/mol. The van der Waals surface area contributed by atoms with Gasteiger partial charge in [0, 0.05) is 42.9 Å². The summed E-state index contributed by atoms with van der Waals surface area (Å²) in [5, 5.41) is 5.64. The molecule has 9 nitrogen and oxygen atoms in total. The van der Waals surface area contributed by atoms with E-state index < -0.39 is 29.7 Å². The van der Waals surface area contributed by atoms with Gasteiger partial charge in [-0.2, -0.15) is 13.2 Å². The largest absolute Gasteiger partial charge is 0.466 e. The van der Waals surface area contributed by atoms with Crippen LogP contribution in [0.5, 0.6) is 0 Å². The third kappa shape index (κ3) is 10.3. The second-order valence-electron chi connectivity index (χ2n) is 11.9. The van der Waals surface area contributed by atoms with E-state index in [1.165, 1.54) is 12.1 Å². The minimum atomic E-state index is -4.45. The van der Waals surface area contributed by atoms with Gasteiger partial charge in [0.05, 0.1) is 18.8 Å². The molecule has 3 aromatic rings. The lowest BCUT2D eigenvalue weighted by atomic mass is 9.92.